The van der Waals surface area contributed by atoms with Gasteiger partial charge in [-0.25, -0.2) is 9.18 Å². The first-order valence-electron chi connectivity index (χ1n) is 6.38. The average molecular weight is 311 g/mol. The summed E-state index contributed by atoms with van der Waals surface area (Å²) in [5, 5.41) is 2.56. The quantitative estimate of drug-likeness (QED) is 0.620. The minimum absolute atomic E-state index is 0.311. The van der Waals surface area contributed by atoms with Crippen molar-refractivity contribution in [1.82, 2.24) is 5.32 Å². The maximum Gasteiger partial charge on any atom is 0.328 e. The SMILES string of the molecule is COC(=O)C(CCSC)NC(=O)C=Cc1ccccc1F. The van der Waals surface area contributed by atoms with Crippen LogP contribution in [0.15, 0.2) is 30.3 Å². The molecule has 4 nitrogen and oxygen atoms in total. The molecule has 1 aromatic rings. The van der Waals surface area contributed by atoms with Crippen molar-refractivity contribution in [3.8, 4) is 0 Å². The number of halogens is 1. The molecule has 21 heavy (non-hydrogen) atoms. The summed E-state index contributed by atoms with van der Waals surface area (Å²) in [5.41, 5.74) is 0.311. The highest BCUT2D eigenvalue weighted by Crippen LogP contribution is 2.08. The summed E-state index contributed by atoms with van der Waals surface area (Å²) in [5.74, 6) is -0.642. The molecule has 0 fully saturated rings. The fourth-order valence-corrected chi connectivity index (χ4v) is 2.09. The van der Waals surface area contributed by atoms with Crippen molar-refractivity contribution in [3.63, 3.8) is 0 Å². The number of hydrogen-bond acceptors (Lipinski definition) is 4. The summed E-state index contributed by atoms with van der Waals surface area (Å²) in [6.45, 7) is 0. The molecule has 0 heterocycles. The fourth-order valence-electron chi connectivity index (χ4n) is 1.62. The van der Waals surface area contributed by atoms with Gasteiger partial charge in [-0.05, 0) is 30.6 Å². The Morgan fingerprint density at radius 3 is 2.76 bits per heavy atom. The number of ether oxygens (including phenoxy) is 1. The number of hydrogen-bond donors (Lipinski definition) is 1. The van der Waals surface area contributed by atoms with Gasteiger partial charge in [0.2, 0.25) is 5.91 Å². The molecule has 0 aliphatic rings. The summed E-state index contributed by atoms with van der Waals surface area (Å²) in [6, 6.07) is 5.43. The number of amides is 1. The molecule has 6 heteroatoms. The number of nitrogens with one attached hydrogen (secondary N) is 1. The minimum atomic E-state index is -0.694. The van der Waals surface area contributed by atoms with Gasteiger partial charge in [0, 0.05) is 11.6 Å². The smallest absolute Gasteiger partial charge is 0.328 e. The summed E-state index contributed by atoms with van der Waals surface area (Å²) in [7, 11) is 1.27. The van der Waals surface area contributed by atoms with Crippen LogP contribution in [0.4, 0.5) is 4.39 Å². The Morgan fingerprint density at radius 2 is 2.14 bits per heavy atom. The van der Waals surface area contributed by atoms with E-state index in [4.69, 9.17) is 0 Å². The third-order valence-electron chi connectivity index (χ3n) is 2.73. The predicted molar refractivity (Wildman–Crippen MR) is 82.4 cm³/mol. The highest BCUT2D eigenvalue weighted by molar-refractivity contribution is 7.98. The standard InChI is InChI=1S/C15H18FNO3S/c1-20-15(19)13(9-10-21-2)17-14(18)8-7-11-5-3-4-6-12(11)16/h3-8,13H,9-10H2,1-2H3,(H,17,18). The molecule has 0 aliphatic carbocycles. The third-order valence-corrected chi connectivity index (χ3v) is 3.38. The largest absolute Gasteiger partial charge is 0.467 e. The lowest BCUT2D eigenvalue weighted by Crippen LogP contribution is -2.41. The molecular formula is C15H18FNO3S. The Hall–Kier alpha value is -1.82. The number of thioether (sulfide) groups is 1. The molecule has 0 aromatic heterocycles. The van der Waals surface area contributed by atoms with Gasteiger partial charge in [0.1, 0.15) is 11.9 Å². The molecule has 0 saturated heterocycles. The van der Waals surface area contributed by atoms with Crippen LogP contribution in [-0.2, 0) is 14.3 Å². The van der Waals surface area contributed by atoms with E-state index in [9.17, 15) is 14.0 Å². The highest BCUT2D eigenvalue weighted by Gasteiger charge is 2.19. The van der Waals surface area contributed by atoms with Crippen LogP contribution in [0.3, 0.4) is 0 Å². The summed E-state index contributed by atoms with van der Waals surface area (Å²) in [6.07, 6.45) is 4.96. The monoisotopic (exact) mass is 311 g/mol. The number of esters is 1. The Bertz CT molecular complexity index is 519. The second-order valence-corrected chi connectivity index (χ2v) is 5.21. The van der Waals surface area contributed by atoms with Crippen molar-refractivity contribution in [2.24, 2.45) is 0 Å². The maximum atomic E-state index is 13.4. The molecule has 0 aliphatic heterocycles. The van der Waals surface area contributed by atoms with E-state index >= 15 is 0 Å². The van der Waals surface area contributed by atoms with Gasteiger partial charge in [0.15, 0.2) is 0 Å². The van der Waals surface area contributed by atoms with E-state index in [0.29, 0.717) is 12.0 Å². The van der Waals surface area contributed by atoms with Gasteiger partial charge in [-0.1, -0.05) is 18.2 Å². The van der Waals surface area contributed by atoms with Gasteiger partial charge in [-0.15, -0.1) is 0 Å². The molecule has 0 saturated carbocycles. The second-order valence-electron chi connectivity index (χ2n) is 4.22. The zero-order chi connectivity index (χ0) is 15.7. The average Bonchev–Trinajstić information content (AvgIpc) is 2.49. The Kier molecular flexibility index (Phi) is 7.53. The van der Waals surface area contributed by atoms with Crippen molar-refractivity contribution < 1.29 is 18.7 Å². The number of rotatable bonds is 7. The van der Waals surface area contributed by atoms with Crippen LogP contribution in [0.2, 0.25) is 0 Å². The first-order valence-corrected chi connectivity index (χ1v) is 7.77. The van der Waals surface area contributed by atoms with Crippen LogP contribution < -0.4 is 5.32 Å². The zero-order valence-electron chi connectivity index (χ0n) is 12.0. The molecule has 114 valence electrons. The first kappa shape index (κ1) is 17.2. The Morgan fingerprint density at radius 1 is 1.43 bits per heavy atom. The Labute approximate surface area is 127 Å². The molecule has 1 rings (SSSR count). The van der Waals surface area contributed by atoms with Gasteiger partial charge in [0.05, 0.1) is 7.11 Å². The molecule has 1 atom stereocenters. The number of benzene rings is 1. The van der Waals surface area contributed by atoms with E-state index in [1.165, 1.54) is 25.3 Å². The summed E-state index contributed by atoms with van der Waals surface area (Å²) >= 11 is 1.57. The van der Waals surface area contributed by atoms with Crippen molar-refractivity contribution in [3.05, 3.63) is 41.7 Å². The molecule has 0 bridgehead atoms. The zero-order valence-corrected chi connectivity index (χ0v) is 12.8. The van der Waals surface area contributed by atoms with Crippen LogP contribution in [0.5, 0.6) is 0 Å². The number of carbonyl (C=O) groups is 2. The lowest BCUT2D eigenvalue weighted by Gasteiger charge is -2.14. The van der Waals surface area contributed by atoms with Crippen LogP contribution in [0.25, 0.3) is 6.08 Å². The van der Waals surface area contributed by atoms with E-state index in [2.05, 4.69) is 10.1 Å². The molecule has 0 radical (unpaired) electrons. The van der Waals surface area contributed by atoms with Gasteiger partial charge < -0.3 is 10.1 Å². The molecule has 1 amide bonds. The molecular weight excluding hydrogens is 293 g/mol. The van der Waals surface area contributed by atoms with Crippen molar-refractivity contribution in [1.29, 1.82) is 0 Å². The van der Waals surface area contributed by atoms with E-state index < -0.39 is 23.7 Å². The van der Waals surface area contributed by atoms with E-state index in [1.54, 1.807) is 30.0 Å². The van der Waals surface area contributed by atoms with Gasteiger partial charge >= 0.3 is 5.97 Å². The van der Waals surface area contributed by atoms with Gasteiger partial charge in [-0.2, -0.15) is 11.8 Å². The van der Waals surface area contributed by atoms with Crippen LogP contribution in [-0.4, -0.2) is 37.0 Å². The first-order chi connectivity index (χ1) is 10.1. The molecule has 1 unspecified atom stereocenters. The normalized spacial score (nSPS) is 12.1. The van der Waals surface area contributed by atoms with E-state index in [1.807, 2.05) is 6.26 Å². The summed E-state index contributed by atoms with van der Waals surface area (Å²) in [4.78, 5) is 23.3. The Balaban J connectivity index is 2.65. The van der Waals surface area contributed by atoms with Gasteiger partial charge in [0.25, 0.3) is 0 Å². The van der Waals surface area contributed by atoms with Gasteiger partial charge in [-0.3, -0.25) is 4.79 Å². The third kappa shape index (κ3) is 5.99. The van der Waals surface area contributed by atoms with E-state index in [0.717, 1.165) is 5.75 Å². The highest BCUT2D eigenvalue weighted by atomic mass is 32.2. The summed E-state index contributed by atoms with van der Waals surface area (Å²) < 4.78 is 18.0. The maximum absolute atomic E-state index is 13.4. The molecule has 1 aromatic carbocycles. The molecule has 0 spiro atoms. The predicted octanol–water partition coefficient (Wildman–Crippen LogP) is 2.25. The van der Waals surface area contributed by atoms with Crippen molar-refractivity contribution in [2.75, 3.05) is 19.1 Å². The number of carbonyl (C=O) groups excluding carboxylic acids is 2. The topological polar surface area (TPSA) is 55.4 Å². The fraction of sp³-hybridized carbons (Fsp3) is 0.333. The van der Waals surface area contributed by atoms with E-state index in [-0.39, 0.29) is 0 Å². The minimum Gasteiger partial charge on any atom is -0.467 e. The lowest BCUT2D eigenvalue weighted by molar-refractivity contribution is -0.144. The second kappa shape index (κ2) is 9.18. The van der Waals surface area contributed by atoms with Crippen molar-refractivity contribution >= 4 is 29.7 Å². The molecule has 1 N–H and O–H groups in total. The lowest BCUT2D eigenvalue weighted by atomic mass is 10.2. The van der Waals surface area contributed by atoms with Crippen LogP contribution in [0, 0.1) is 5.82 Å². The van der Waals surface area contributed by atoms with Crippen LogP contribution in [0.1, 0.15) is 12.0 Å². The number of methoxy groups -OCH3 is 1. The van der Waals surface area contributed by atoms with Crippen molar-refractivity contribution in [2.45, 2.75) is 12.5 Å². The van der Waals surface area contributed by atoms with Crippen LogP contribution >= 0.6 is 11.8 Å².